The number of carbonyl (C=O) groups excluding carboxylic acids is 1. The van der Waals surface area contributed by atoms with Crippen LogP contribution in [0.25, 0.3) is 0 Å². The zero-order valence-corrected chi connectivity index (χ0v) is 13.4. The predicted octanol–water partition coefficient (Wildman–Crippen LogP) is 2.90. The van der Waals surface area contributed by atoms with Gasteiger partial charge < -0.3 is 20.7 Å². The van der Waals surface area contributed by atoms with Gasteiger partial charge in [-0.1, -0.05) is 19.1 Å². The van der Waals surface area contributed by atoms with Crippen molar-refractivity contribution in [3.05, 3.63) is 29.8 Å². The number of hydrogen-bond acceptors (Lipinski definition) is 3. The third-order valence-electron chi connectivity index (χ3n) is 3.14. The summed E-state index contributed by atoms with van der Waals surface area (Å²) in [6.45, 7) is 7.63. The van der Waals surface area contributed by atoms with Crippen molar-refractivity contribution in [2.45, 2.75) is 39.3 Å². The Kier molecular flexibility index (Phi) is 7.79. The van der Waals surface area contributed by atoms with E-state index >= 15 is 0 Å². The molecule has 0 radical (unpaired) electrons. The fourth-order valence-corrected chi connectivity index (χ4v) is 2.05. The van der Waals surface area contributed by atoms with Gasteiger partial charge in [-0.3, -0.25) is 0 Å². The maximum atomic E-state index is 11.9. The normalized spacial score (nSPS) is 13.5. The molecule has 0 saturated heterocycles. The monoisotopic (exact) mass is 293 g/mol. The van der Waals surface area contributed by atoms with Crippen LogP contribution in [0, 0.1) is 0 Å². The summed E-state index contributed by atoms with van der Waals surface area (Å²) >= 11 is 0. The minimum atomic E-state index is -0.217. The zero-order valence-electron chi connectivity index (χ0n) is 13.4. The third kappa shape index (κ3) is 6.60. The van der Waals surface area contributed by atoms with Gasteiger partial charge in [-0.25, -0.2) is 4.79 Å². The van der Waals surface area contributed by atoms with Gasteiger partial charge in [0.25, 0.3) is 0 Å². The number of ether oxygens (including phenoxy) is 1. The molecule has 1 aromatic rings. The lowest BCUT2D eigenvalue weighted by molar-refractivity contribution is 0.173. The number of amides is 2. The Morgan fingerprint density at radius 3 is 2.76 bits per heavy atom. The molecule has 0 aliphatic rings. The van der Waals surface area contributed by atoms with Crippen molar-refractivity contribution in [3.8, 4) is 0 Å². The summed E-state index contributed by atoms with van der Waals surface area (Å²) in [4.78, 5) is 11.9. The topological polar surface area (TPSA) is 62.4 Å². The molecule has 1 aromatic carbocycles. The molecule has 3 N–H and O–H groups in total. The molecule has 2 unspecified atom stereocenters. The fraction of sp³-hybridized carbons (Fsp3) is 0.562. The summed E-state index contributed by atoms with van der Waals surface area (Å²) in [7, 11) is 1.62. The fourth-order valence-electron chi connectivity index (χ4n) is 2.05. The van der Waals surface area contributed by atoms with Crippen LogP contribution in [0.5, 0.6) is 0 Å². The molecule has 0 saturated carbocycles. The molecule has 21 heavy (non-hydrogen) atoms. The van der Waals surface area contributed by atoms with E-state index in [-0.39, 0.29) is 18.1 Å². The van der Waals surface area contributed by atoms with E-state index in [1.54, 1.807) is 7.11 Å². The van der Waals surface area contributed by atoms with Crippen LogP contribution in [0.4, 0.5) is 10.5 Å². The van der Waals surface area contributed by atoms with E-state index in [4.69, 9.17) is 4.74 Å². The first kappa shape index (κ1) is 17.5. The summed E-state index contributed by atoms with van der Waals surface area (Å²) in [5.74, 6) is 0. The van der Waals surface area contributed by atoms with Crippen molar-refractivity contribution in [1.82, 2.24) is 10.6 Å². The summed E-state index contributed by atoms with van der Waals surface area (Å²) in [6, 6.07) is 7.92. The molecular formula is C16H27N3O2. The van der Waals surface area contributed by atoms with Crippen LogP contribution in [0.15, 0.2) is 24.3 Å². The van der Waals surface area contributed by atoms with Crippen LogP contribution < -0.4 is 16.0 Å². The lowest BCUT2D eigenvalue weighted by atomic mass is 10.1. The predicted molar refractivity (Wildman–Crippen MR) is 86.6 cm³/mol. The van der Waals surface area contributed by atoms with Gasteiger partial charge >= 0.3 is 6.03 Å². The van der Waals surface area contributed by atoms with E-state index in [0.717, 1.165) is 24.2 Å². The summed E-state index contributed by atoms with van der Waals surface area (Å²) in [5, 5.41) is 9.10. The maximum absolute atomic E-state index is 11.9. The lowest BCUT2D eigenvalue weighted by Crippen LogP contribution is -2.38. The highest BCUT2D eigenvalue weighted by Crippen LogP contribution is 2.17. The van der Waals surface area contributed by atoms with Gasteiger partial charge in [0.1, 0.15) is 0 Å². The average Bonchev–Trinajstić information content (AvgIpc) is 2.45. The van der Waals surface area contributed by atoms with Gasteiger partial charge in [-0.05, 0) is 44.5 Å². The molecule has 0 fully saturated rings. The Balaban J connectivity index is 2.57. The number of nitrogens with one attached hydrogen (secondary N) is 3. The second-order valence-electron chi connectivity index (χ2n) is 5.26. The molecule has 0 aliphatic heterocycles. The van der Waals surface area contributed by atoms with E-state index in [9.17, 15) is 4.79 Å². The van der Waals surface area contributed by atoms with Gasteiger partial charge in [0, 0.05) is 18.8 Å². The largest absolute Gasteiger partial charge is 0.383 e. The van der Waals surface area contributed by atoms with Gasteiger partial charge in [0.2, 0.25) is 0 Å². The van der Waals surface area contributed by atoms with Crippen molar-refractivity contribution < 1.29 is 9.53 Å². The number of hydrogen-bond donors (Lipinski definition) is 3. The van der Waals surface area contributed by atoms with Crippen molar-refractivity contribution in [2.75, 3.05) is 25.6 Å². The van der Waals surface area contributed by atoms with Crippen LogP contribution in [-0.4, -0.2) is 32.3 Å². The standard InChI is InChI=1S/C16H27N3O2/c1-5-9-17-13(3)14-7-6-8-15(10-14)19-16(20)18-12(2)11-21-4/h6-8,10,12-13,17H,5,9,11H2,1-4H3,(H2,18,19,20). The van der Waals surface area contributed by atoms with Crippen LogP contribution >= 0.6 is 0 Å². The van der Waals surface area contributed by atoms with Gasteiger partial charge in [-0.15, -0.1) is 0 Å². The Labute approximate surface area is 127 Å². The van der Waals surface area contributed by atoms with Crippen LogP contribution in [0.1, 0.15) is 38.8 Å². The second-order valence-corrected chi connectivity index (χ2v) is 5.26. The molecule has 0 heterocycles. The van der Waals surface area contributed by atoms with Crippen molar-refractivity contribution >= 4 is 11.7 Å². The lowest BCUT2D eigenvalue weighted by Gasteiger charge is -2.16. The Hall–Kier alpha value is -1.59. The smallest absolute Gasteiger partial charge is 0.319 e. The number of anilines is 1. The number of benzene rings is 1. The van der Waals surface area contributed by atoms with Gasteiger partial charge in [0.15, 0.2) is 0 Å². The molecule has 118 valence electrons. The van der Waals surface area contributed by atoms with Crippen LogP contribution in [0.2, 0.25) is 0 Å². The van der Waals surface area contributed by atoms with Crippen molar-refractivity contribution in [1.29, 1.82) is 0 Å². The molecule has 0 aliphatic carbocycles. The molecule has 1 rings (SSSR count). The quantitative estimate of drug-likeness (QED) is 0.690. The highest BCUT2D eigenvalue weighted by molar-refractivity contribution is 5.89. The highest BCUT2D eigenvalue weighted by atomic mass is 16.5. The zero-order chi connectivity index (χ0) is 15.7. The van der Waals surface area contributed by atoms with Crippen LogP contribution in [-0.2, 0) is 4.74 Å². The molecule has 0 spiro atoms. The molecular weight excluding hydrogens is 266 g/mol. The number of carbonyl (C=O) groups is 1. The summed E-state index contributed by atoms with van der Waals surface area (Å²) < 4.78 is 4.99. The van der Waals surface area contributed by atoms with Crippen molar-refractivity contribution in [3.63, 3.8) is 0 Å². The molecule has 5 heteroatoms. The highest BCUT2D eigenvalue weighted by Gasteiger charge is 2.09. The second kappa shape index (κ2) is 9.37. The number of methoxy groups -OCH3 is 1. The Morgan fingerprint density at radius 1 is 1.33 bits per heavy atom. The minimum absolute atomic E-state index is 0.0247. The molecule has 0 aromatic heterocycles. The first-order chi connectivity index (χ1) is 10.1. The van der Waals surface area contributed by atoms with Crippen LogP contribution in [0.3, 0.4) is 0 Å². The molecule has 2 amide bonds. The first-order valence-electron chi connectivity index (χ1n) is 7.46. The van der Waals surface area contributed by atoms with Crippen molar-refractivity contribution in [2.24, 2.45) is 0 Å². The molecule has 2 atom stereocenters. The first-order valence-corrected chi connectivity index (χ1v) is 7.46. The average molecular weight is 293 g/mol. The van der Waals surface area contributed by atoms with E-state index in [2.05, 4.69) is 35.9 Å². The molecule has 0 bridgehead atoms. The Bertz CT molecular complexity index is 437. The Morgan fingerprint density at radius 2 is 2.10 bits per heavy atom. The summed E-state index contributed by atoms with van der Waals surface area (Å²) in [6.07, 6.45) is 1.10. The van der Waals surface area contributed by atoms with E-state index in [1.165, 1.54) is 0 Å². The van der Waals surface area contributed by atoms with E-state index in [1.807, 2.05) is 25.1 Å². The minimum Gasteiger partial charge on any atom is -0.383 e. The van der Waals surface area contributed by atoms with E-state index < -0.39 is 0 Å². The van der Waals surface area contributed by atoms with Gasteiger partial charge in [-0.2, -0.15) is 0 Å². The number of urea groups is 1. The maximum Gasteiger partial charge on any atom is 0.319 e. The number of rotatable bonds is 8. The third-order valence-corrected chi connectivity index (χ3v) is 3.14. The summed E-state index contributed by atoms with van der Waals surface area (Å²) in [5.41, 5.74) is 1.95. The van der Waals surface area contributed by atoms with Gasteiger partial charge in [0.05, 0.1) is 12.6 Å². The molecule has 5 nitrogen and oxygen atoms in total. The van der Waals surface area contributed by atoms with E-state index in [0.29, 0.717) is 6.61 Å². The SMILES string of the molecule is CCCNC(C)c1cccc(NC(=O)NC(C)COC)c1.